The maximum Gasteiger partial charge on any atom is 0.351 e. The normalized spacial score (nSPS) is 11.7. The minimum absolute atomic E-state index is 0.0304. The fourth-order valence-corrected chi connectivity index (χ4v) is 1.04. The lowest BCUT2D eigenvalue weighted by Crippen LogP contribution is -2.11. The summed E-state index contributed by atoms with van der Waals surface area (Å²) in [5.74, 6) is -0.467. The van der Waals surface area contributed by atoms with E-state index >= 15 is 0 Å². The standard InChI is InChI=1S/C7H10N4O2S/c1-3-5-8-9-7(14)11(5)10-4(2)6(12)13/h3H2,1-2H3,(H,9,14)(H,12,13). The fraction of sp³-hybridized carbons (Fsp3) is 0.429. The molecule has 0 aliphatic carbocycles. The number of rotatable bonds is 3. The molecule has 7 heteroatoms. The zero-order valence-electron chi connectivity index (χ0n) is 7.81. The Bertz CT molecular complexity index is 431. The number of aryl methyl sites for hydroxylation is 1. The van der Waals surface area contributed by atoms with Crippen LogP contribution in [0.2, 0.25) is 0 Å². The highest BCUT2D eigenvalue weighted by atomic mass is 32.1. The molecule has 0 amide bonds. The van der Waals surface area contributed by atoms with Crippen molar-refractivity contribution in [2.75, 3.05) is 0 Å². The number of aromatic amines is 1. The van der Waals surface area contributed by atoms with E-state index in [4.69, 9.17) is 17.3 Å². The molecule has 1 aromatic rings. The highest BCUT2D eigenvalue weighted by Crippen LogP contribution is 1.98. The van der Waals surface area contributed by atoms with Crippen molar-refractivity contribution in [2.24, 2.45) is 5.10 Å². The predicted molar refractivity (Wildman–Crippen MR) is 52.9 cm³/mol. The van der Waals surface area contributed by atoms with E-state index in [2.05, 4.69) is 15.3 Å². The molecule has 0 unspecified atom stereocenters. The summed E-state index contributed by atoms with van der Waals surface area (Å²) < 4.78 is 1.61. The van der Waals surface area contributed by atoms with Crippen molar-refractivity contribution < 1.29 is 9.90 Å². The lowest BCUT2D eigenvalue weighted by atomic mass is 10.4. The van der Waals surface area contributed by atoms with E-state index in [1.54, 1.807) is 0 Å². The SMILES string of the molecule is CCc1n[nH]c(=S)n1N=C(C)C(=O)O. The molecular formula is C7H10N4O2S. The first-order chi connectivity index (χ1) is 6.56. The third kappa shape index (κ3) is 2.05. The molecule has 0 spiro atoms. The molecule has 0 bridgehead atoms. The van der Waals surface area contributed by atoms with Gasteiger partial charge in [0.05, 0.1) is 0 Å². The molecule has 1 heterocycles. The summed E-state index contributed by atoms with van der Waals surface area (Å²) in [6.07, 6.45) is 0.629. The summed E-state index contributed by atoms with van der Waals surface area (Å²) in [5, 5.41) is 18.9. The highest BCUT2D eigenvalue weighted by Gasteiger charge is 2.06. The number of aliphatic carboxylic acids is 1. The van der Waals surface area contributed by atoms with Gasteiger partial charge in [-0.15, -0.1) is 0 Å². The second-order valence-corrected chi connectivity index (χ2v) is 2.99. The Morgan fingerprint density at radius 3 is 2.93 bits per heavy atom. The lowest BCUT2D eigenvalue weighted by molar-refractivity contribution is -0.129. The van der Waals surface area contributed by atoms with Gasteiger partial charge in [0.1, 0.15) is 5.71 Å². The molecule has 0 atom stereocenters. The van der Waals surface area contributed by atoms with Crippen LogP contribution in [0, 0.1) is 4.77 Å². The minimum atomic E-state index is -1.07. The molecule has 0 radical (unpaired) electrons. The van der Waals surface area contributed by atoms with Gasteiger partial charge in [-0.2, -0.15) is 14.9 Å². The van der Waals surface area contributed by atoms with Gasteiger partial charge in [-0.25, -0.2) is 4.79 Å². The summed E-state index contributed by atoms with van der Waals surface area (Å²) >= 11 is 4.89. The summed E-state index contributed by atoms with van der Waals surface area (Å²) in [4.78, 5) is 10.5. The van der Waals surface area contributed by atoms with E-state index in [-0.39, 0.29) is 5.71 Å². The van der Waals surface area contributed by atoms with Gasteiger partial charge in [-0.1, -0.05) is 6.92 Å². The second kappa shape index (κ2) is 4.14. The first kappa shape index (κ1) is 10.6. The monoisotopic (exact) mass is 214 g/mol. The van der Waals surface area contributed by atoms with Crippen LogP contribution in [0.4, 0.5) is 0 Å². The van der Waals surface area contributed by atoms with Gasteiger partial charge in [0, 0.05) is 6.42 Å². The van der Waals surface area contributed by atoms with E-state index < -0.39 is 5.97 Å². The van der Waals surface area contributed by atoms with Gasteiger partial charge in [-0.05, 0) is 19.1 Å². The quantitative estimate of drug-likeness (QED) is 0.576. The van der Waals surface area contributed by atoms with Crippen molar-refractivity contribution in [3.05, 3.63) is 10.6 Å². The number of carboxylic acid groups (broad SMARTS) is 1. The molecule has 6 nitrogen and oxygen atoms in total. The Labute approximate surface area is 85.3 Å². The predicted octanol–water partition coefficient (Wildman–Crippen LogP) is 0.812. The molecule has 0 saturated heterocycles. The molecule has 1 aromatic heterocycles. The number of carbonyl (C=O) groups is 1. The third-order valence-corrected chi connectivity index (χ3v) is 1.86. The number of nitrogens with one attached hydrogen (secondary N) is 1. The van der Waals surface area contributed by atoms with Crippen molar-refractivity contribution in [2.45, 2.75) is 20.3 Å². The smallest absolute Gasteiger partial charge is 0.351 e. The molecule has 76 valence electrons. The number of H-pyrrole nitrogens is 1. The minimum Gasteiger partial charge on any atom is -0.477 e. The Balaban J connectivity index is 3.19. The maximum absolute atomic E-state index is 10.5. The van der Waals surface area contributed by atoms with Crippen molar-refractivity contribution >= 4 is 23.9 Å². The van der Waals surface area contributed by atoms with Gasteiger partial charge in [0.25, 0.3) is 0 Å². The number of nitrogens with zero attached hydrogens (tertiary/aromatic N) is 3. The van der Waals surface area contributed by atoms with Crippen LogP contribution in [0.25, 0.3) is 0 Å². The van der Waals surface area contributed by atoms with Crippen LogP contribution in [-0.4, -0.2) is 31.7 Å². The number of hydrogen-bond acceptors (Lipinski definition) is 4. The average molecular weight is 214 g/mol. The Kier molecular flexibility index (Phi) is 3.13. The zero-order valence-corrected chi connectivity index (χ0v) is 8.63. The van der Waals surface area contributed by atoms with Crippen molar-refractivity contribution in [3.8, 4) is 0 Å². The van der Waals surface area contributed by atoms with Crippen LogP contribution < -0.4 is 0 Å². The topological polar surface area (TPSA) is 83.3 Å². The molecule has 1 rings (SSSR count). The van der Waals surface area contributed by atoms with E-state index in [0.717, 1.165) is 0 Å². The Hall–Kier alpha value is -1.50. The third-order valence-electron chi connectivity index (χ3n) is 1.59. The molecule has 0 aliphatic heterocycles. The van der Waals surface area contributed by atoms with Gasteiger partial charge in [0.15, 0.2) is 5.82 Å². The van der Waals surface area contributed by atoms with Gasteiger partial charge in [-0.3, -0.25) is 5.10 Å². The van der Waals surface area contributed by atoms with Crippen LogP contribution in [0.3, 0.4) is 0 Å². The number of aromatic nitrogens is 3. The summed E-state index contributed by atoms with van der Waals surface area (Å²) in [6, 6.07) is 0. The first-order valence-corrected chi connectivity index (χ1v) is 4.42. The maximum atomic E-state index is 10.5. The lowest BCUT2D eigenvalue weighted by Gasteiger charge is -1.97. The van der Waals surface area contributed by atoms with E-state index in [1.165, 1.54) is 11.6 Å². The van der Waals surface area contributed by atoms with Crippen molar-refractivity contribution in [1.82, 2.24) is 14.9 Å². The molecule has 14 heavy (non-hydrogen) atoms. The number of hydrogen-bond donors (Lipinski definition) is 2. The Morgan fingerprint density at radius 2 is 2.43 bits per heavy atom. The average Bonchev–Trinajstić information content (AvgIpc) is 2.47. The van der Waals surface area contributed by atoms with Crippen LogP contribution in [-0.2, 0) is 11.2 Å². The van der Waals surface area contributed by atoms with Crippen LogP contribution in [0.1, 0.15) is 19.7 Å². The van der Waals surface area contributed by atoms with E-state index in [9.17, 15) is 4.79 Å². The molecule has 0 aromatic carbocycles. The van der Waals surface area contributed by atoms with Crippen LogP contribution in [0.15, 0.2) is 5.10 Å². The summed E-state index contributed by atoms with van der Waals surface area (Å²) in [6.45, 7) is 3.28. The van der Waals surface area contributed by atoms with Crippen molar-refractivity contribution in [3.63, 3.8) is 0 Å². The molecule has 0 saturated carbocycles. The summed E-state index contributed by atoms with van der Waals surface area (Å²) in [7, 11) is 0. The largest absolute Gasteiger partial charge is 0.477 e. The number of carboxylic acids is 1. The Morgan fingerprint density at radius 1 is 1.79 bits per heavy atom. The molecular weight excluding hydrogens is 204 g/mol. The first-order valence-electron chi connectivity index (χ1n) is 4.01. The zero-order chi connectivity index (χ0) is 10.7. The van der Waals surface area contributed by atoms with Gasteiger partial charge in [0.2, 0.25) is 4.77 Å². The van der Waals surface area contributed by atoms with E-state index in [1.807, 2.05) is 6.92 Å². The molecule has 2 N–H and O–H groups in total. The highest BCUT2D eigenvalue weighted by molar-refractivity contribution is 7.71. The summed E-state index contributed by atoms with van der Waals surface area (Å²) in [5.41, 5.74) is -0.0304. The molecule has 0 fully saturated rings. The van der Waals surface area contributed by atoms with E-state index in [0.29, 0.717) is 17.0 Å². The van der Waals surface area contributed by atoms with Gasteiger partial charge >= 0.3 is 5.97 Å². The van der Waals surface area contributed by atoms with Crippen LogP contribution in [0.5, 0.6) is 0 Å². The van der Waals surface area contributed by atoms with Crippen molar-refractivity contribution in [1.29, 1.82) is 0 Å². The van der Waals surface area contributed by atoms with Crippen LogP contribution >= 0.6 is 12.2 Å². The van der Waals surface area contributed by atoms with Gasteiger partial charge < -0.3 is 5.11 Å². The second-order valence-electron chi connectivity index (χ2n) is 2.60. The fourth-order valence-electron chi connectivity index (χ4n) is 0.849. The molecule has 0 aliphatic rings.